The van der Waals surface area contributed by atoms with Gasteiger partial charge in [-0.2, -0.15) is 0 Å². The van der Waals surface area contributed by atoms with Crippen LogP contribution in [0.5, 0.6) is 0 Å². The van der Waals surface area contributed by atoms with E-state index in [0.29, 0.717) is 17.5 Å². The van der Waals surface area contributed by atoms with E-state index in [1.807, 2.05) is 36.4 Å². The quantitative estimate of drug-likeness (QED) is 0.165. The summed E-state index contributed by atoms with van der Waals surface area (Å²) in [5.74, 6) is 1.80. The maximum Gasteiger partial charge on any atom is 0.187 e. The molecule has 1 spiro atoms. The van der Waals surface area contributed by atoms with Crippen molar-refractivity contribution in [3.63, 3.8) is 0 Å². The van der Waals surface area contributed by atoms with Crippen LogP contribution in [-0.2, 0) is 5.41 Å². The Bertz CT molecular complexity index is 3060. The fraction of sp³-hybridized carbons (Fsp3) is 0.115. The third kappa shape index (κ3) is 5.56. The molecule has 0 aliphatic heterocycles. The number of hydrogen-bond acceptors (Lipinski definition) is 4. The summed E-state index contributed by atoms with van der Waals surface area (Å²) in [7, 11) is 0. The van der Waals surface area contributed by atoms with Crippen LogP contribution >= 0.6 is 0 Å². The molecule has 0 radical (unpaired) electrons. The number of hydrogen-bond donors (Lipinski definition) is 0. The van der Waals surface area contributed by atoms with E-state index in [1.54, 1.807) is 0 Å². The lowest BCUT2D eigenvalue weighted by molar-refractivity contribution is 0.353. The van der Waals surface area contributed by atoms with Gasteiger partial charge in [-0.3, -0.25) is 0 Å². The molecule has 1 fully saturated rings. The number of benzene rings is 7. The molecule has 0 amide bonds. The Hall–Kier alpha value is -7.16. The van der Waals surface area contributed by atoms with E-state index in [0.717, 1.165) is 73.8 Å². The number of furan rings is 1. The Morgan fingerprint density at radius 1 is 0.439 bits per heavy atom. The number of aromatic nitrogens is 3. The van der Waals surface area contributed by atoms with Crippen LogP contribution in [0.25, 0.3) is 94.3 Å². The Morgan fingerprint density at radius 2 is 1.00 bits per heavy atom. The van der Waals surface area contributed by atoms with Crippen molar-refractivity contribution in [2.45, 2.75) is 37.5 Å². The monoisotopic (exact) mass is 732 g/mol. The largest absolute Gasteiger partial charge is 0.456 e. The van der Waals surface area contributed by atoms with Crippen LogP contribution in [-0.4, -0.2) is 15.0 Å². The standard InChI is InChI=1S/C52H36N4O/c1-53-40-23-26-42-41-24-21-37(30-45(41)52(46(42)32-40)27-8-3-9-28-52)36-13-10-14-38(29-36)50-54-49(35-19-17-34(18-20-35)33-11-4-2-5-12-33)55-51(56-50)39-22-25-44-43-15-6-7-16-47(43)57-48(44)31-39/h2,4-7,10-26,29-32H,3,8-9,27-28H2. The molecule has 7 aromatic carbocycles. The Morgan fingerprint density at radius 3 is 1.79 bits per heavy atom. The molecule has 2 aromatic heterocycles. The molecule has 270 valence electrons. The summed E-state index contributed by atoms with van der Waals surface area (Å²) in [4.78, 5) is 19.2. The minimum absolute atomic E-state index is 0.0494. The van der Waals surface area contributed by atoms with Gasteiger partial charge in [0.25, 0.3) is 0 Å². The van der Waals surface area contributed by atoms with Crippen molar-refractivity contribution >= 4 is 27.6 Å². The minimum Gasteiger partial charge on any atom is -0.456 e. The Balaban J connectivity index is 1.02. The van der Waals surface area contributed by atoms with Crippen LogP contribution < -0.4 is 0 Å². The van der Waals surface area contributed by atoms with Crippen molar-refractivity contribution in [1.82, 2.24) is 15.0 Å². The molecular weight excluding hydrogens is 697 g/mol. The van der Waals surface area contributed by atoms with Gasteiger partial charge >= 0.3 is 0 Å². The van der Waals surface area contributed by atoms with Crippen molar-refractivity contribution in [3.05, 3.63) is 180 Å². The Kier molecular flexibility index (Phi) is 7.72. The summed E-state index contributed by atoms with van der Waals surface area (Å²) in [5, 5.41) is 2.15. The van der Waals surface area contributed by atoms with E-state index in [1.165, 1.54) is 47.1 Å². The SMILES string of the molecule is [C-]#[N+]c1ccc2c(c1)C1(CCCCC1)c1cc(-c3cccc(-c4nc(-c5ccc(-c6ccccc6)cc5)nc(-c5ccc6c(c5)oc5ccccc56)n4)c3)ccc1-2. The molecule has 11 rings (SSSR count). The fourth-order valence-electron chi connectivity index (χ4n) is 9.33. The average Bonchev–Trinajstić information content (AvgIpc) is 3.78. The second-order valence-corrected chi connectivity index (χ2v) is 15.4. The molecule has 0 N–H and O–H groups in total. The molecule has 2 aliphatic carbocycles. The summed E-state index contributed by atoms with van der Waals surface area (Å²) < 4.78 is 6.29. The topological polar surface area (TPSA) is 56.2 Å². The Labute approximate surface area is 331 Å². The number of rotatable bonds is 5. The van der Waals surface area contributed by atoms with Crippen LogP contribution in [0.1, 0.15) is 43.2 Å². The molecule has 5 heteroatoms. The van der Waals surface area contributed by atoms with Crippen LogP contribution in [0.3, 0.4) is 0 Å². The number of fused-ring (bicyclic) bond motifs is 8. The van der Waals surface area contributed by atoms with Gasteiger partial charge < -0.3 is 4.42 Å². The first-order valence-electron chi connectivity index (χ1n) is 19.7. The molecule has 57 heavy (non-hydrogen) atoms. The van der Waals surface area contributed by atoms with Gasteiger partial charge in [-0.05, 0) is 87.7 Å². The molecule has 2 aliphatic rings. The first-order valence-corrected chi connectivity index (χ1v) is 19.7. The highest BCUT2D eigenvalue weighted by Gasteiger charge is 2.43. The van der Waals surface area contributed by atoms with Gasteiger partial charge in [-0.1, -0.05) is 147 Å². The lowest BCUT2D eigenvalue weighted by atomic mass is 9.67. The summed E-state index contributed by atoms with van der Waals surface area (Å²) in [6.45, 7) is 7.73. The molecule has 0 unspecified atom stereocenters. The van der Waals surface area contributed by atoms with E-state index >= 15 is 0 Å². The highest BCUT2D eigenvalue weighted by molar-refractivity contribution is 6.05. The molecule has 9 aromatic rings. The lowest BCUT2D eigenvalue weighted by Crippen LogP contribution is -2.28. The van der Waals surface area contributed by atoms with Gasteiger partial charge in [0.1, 0.15) is 11.2 Å². The van der Waals surface area contributed by atoms with Gasteiger partial charge in [-0.15, -0.1) is 0 Å². The highest BCUT2D eigenvalue weighted by Crippen LogP contribution is 2.57. The fourth-order valence-corrected chi connectivity index (χ4v) is 9.33. The predicted octanol–water partition coefficient (Wildman–Crippen LogP) is 13.9. The molecule has 5 nitrogen and oxygen atoms in total. The number of para-hydroxylation sites is 1. The summed E-state index contributed by atoms with van der Waals surface area (Å²) in [6.07, 6.45) is 5.88. The van der Waals surface area contributed by atoms with Gasteiger partial charge in [0.2, 0.25) is 0 Å². The minimum atomic E-state index is -0.0494. The van der Waals surface area contributed by atoms with Crippen molar-refractivity contribution < 1.29 is 4.42 Å². The molecule has 1 saturated carbocycles. The average molecular weight is 733 g/mol. The molecule has 0 saturated heterocycles. The van der Waals surface area contributed by atoms with Gasteiger partial charge in [0, 0.05) is 32.9 Å². The first kappa shape index (κ1) is 33.2. The molecular formula is C52H36N4O. The van der Waals surface area contributed by atoms with Crippen molar-refractivity contribution in [1.29, 1.82) is 0 Å². The van der Waals surface area contributed by atoms with E-state index in [-0.39, 0.29) is 5.41 Å². The maximum atomic E-state index is 7.73. The van der Waals surface area contributed by atoms with E-state index < -0.39 is 0 Å². The zero-order valence-corrected chi connectivity index (χ0v) is 31.2. The van der Waals surface area contributed by atoms with Crippen LogP contribution in [0.4, 0.5) is 5.69 Å². The third-order valence-electron chi connectivity index (χ3n) is 12.2. The summed E-state index contributed by atoms with van der Waals surface area (Å²) in [5.41, 5.74) is 14.9. The second kappa shape index (κ2) is 13.3. The second-order valence-electron chi connectivity index (χ2n) is 15.4. The van der Waals surface area contributed by atoms with E-state index in [9.17, 15) is 0 Å². The van der Waals surface area contributed by atoms with Crippen LogP contribution in [0, 0.1) is 6.57 Å². The highest BCUT2D eigenvalue weighted by atomic mass is 16.3. The lowest BCUT2D eigenvalue weighted by Gasteiger charge is -2.36. The molecule has 0 bridgehead atoms. The maximum absolute atomic E-state index is 7.73. The van der Waals surface area contributed by atoms with Crippen molar-refractivity contribution in [3.8, 4) is 67.5 Å². The zero-order valence-electron chi connectivity index (χ0n) is 31.2. The zero-order chi connectivity index (χ0) is 37.9. The third-order valence-corrected chi connectivity index (χ3v) is 12.2. The van der Waals surface area contributed by atoms with Crippen molar-refractivity contribution in [2.24, 2.45) is 0 Å². The van der Waals surface area contributed by atoms with Gasteiger partial charge in [0.15, 0.2) is 23.2 Å². The predicted molar refractivity (Wildman–Crippen MR) is 230 cm³/mol. The van der Waals surface area contributed by atoms with Gasteiger partial charge in [0.05, 0.1) is 6.57 Å². The number of nitrogens with zero attached hydrogens (tertiary/aromatic N) is 4. The summed E-state index contributed by atoms with van der Waals surface area (Å²) >= 11 is 0. The van der Waals surface area contributed by atoms with Crippen LogP contribution in [0.15, 0.2) is 162 Å². The van der Waals surface area contributed by atoms with Gasteiger partial charge in [-0.25, -0.2) is 19.8 Å². The molecule has 2 heterocycles. The molecule has 0 atom stereocenters. The van der Waals surface area contributed by atoms with Crippen LogP contribution in [0.2, 0.25) is 0 Å². The smallest absolute Gasteiger partial charge is 0.187 e. The first-order chi connectivity index (χ1) is 28.1. The summed E-state index contributed by atoms with van der Waals surface area (Å²) in [6, 6.07) is 55.0. The van der Waals surface area contributed by atoms with E-state index in [4.69, 9.17) is 25.9 Å². The van der Waals surface area contributed by atoms with E-state index in [2.05, 4.69) is 126 Å². The van der Waals surface area contributed by atoms with Crippen molar-refractivity contribution in [2.75, 3.05) is 0 Å². The normalized spacial score (nSPS) is 14.1.